The highest BCUT2D eigenvalue weighted by atomic mass is 32.2. The molecule has 1 heterocycles. The van der Waals surface area contributed by atoms with Crippen molar-refractivity contribution in [3.63, 3.8) is 0 Å². The monoisotopic (exact) mass is 415 g/mol. The summed E-state index contributed by atoms with van der Waals surface area (Å²) in [6.45, 7) is 2.10. The third-order valence-corrected chi connectivity index (χ3v) is 5.39. The molecule has 0 saturated heterocycles. The van der Waals surface area contributed by atoms with E-state index >= 15 is 0 Å². The summed E-state index contributed by atoms with van der Waals surface area (Å²) in [7, 11) is 0. The van der Waals surface area contributed by atoms with Gasteiger partial charge in [-0.05, 0) is 18.6 Å². The zero-order valence-electron chi connectivity index (χ0n) is 15.9. The molecule has 2 aromatic carbocycles. The third kappa shape index (κ3) is 5.47. The number of ether oxygens (including phenoxy) is 1. The highest BCUT2D eigenvalue weighted by molar-refractivity contribution is 7.98. The highest BCUT2D eigenvalue weighted by Gasteiger charge is 2.29. The molecule has 0 bridgehead atoms. The van der Waals surface area contributed by atoms with Crippen LogP contribution in [-0.4, -0.2) is 42.2 Å². The van der Waals surface area contributed by atoms with Crippen LogP contribution in [0.3, 0.4) is 0 Å². The van der Waals surface area contributed by atoms with E-state index in [4.69, 9.17) is 4.74 Å². The molecule has 2 amide bonds. The zero-order chi connectivity index (χ0) is 20.8. The average molecular weight is 415 g/mol. The number of nitro benzene ring substituents is 1. The fraction of sp³-hybridized carbons (Fsp3) is 0.300. The summed E-state index contributed by atoms with van der Waals surface area (Å²) in [5, 5.41) is 13.8. The van der Waals surface area contributed by atoms with E-state index in [0.717, 1.165) is 11.5 Å². The number of fused-ring (bicyclic) bond motifs is 1. The number of non-ortho nitro benzene ring substituents is 1. The van der Waals surface area contributed by atoms with Crippen molar-refractivity contribution in [2.75, 3.05) is 30.3 Å². The van der Waals surface area contributed by atoms with Crippen LogP contribution in [-0.2, 0) is 15.3 Å². The van der Waals surface area contributed by atoms with Crippen LogP contribution in [0.15, 0.2) is 42.5 Å². The van der Waals surface area contributed by atoms with Gasteiger partial charge in [0.2, 0.25) is 5.91 Å². The van der Waals surface area contributed by atoms with E-state index in [9.17, 15) is 19.7 Å². The second-order valence-electron chi connectivity index (χ2n) is 6.57. The second-order valence-corrected chi connectivity index (χ2v) is 7.67. The van der Waals surface area contributed by atoms with Crippen molar-refractivity contribution in [3.8, 4) is 5.75 Å². The maximum atomic E-state index is 12.3. The Morgan fingerprint density at radius 1 is 1.28 bits per heavy atom. The number of nitro groups is 1. The largest absolute Gasteiger partial charge is 0.482 e. The standard InChI is InChI=1S/C20H21N3O5S/c1-14-2-4-15(5-3-14)13-29-9-8-21-19(24)11-22-17-10-16(23(26)27)6-7-18(17)28-12-20(22)25/h2-7,10H,8-9,11-13H2,1H3,(H,21,24). The number of hydrogen-bond donors (Lipinski definition) is 1. The number of thioether (sulfide) groups is 1. The van der Waals surface area contributed by atoms with E-state index < -0.39 is 10.8 Å². The number of nitrogens with one attached hydrogen (secondary N) is 1. The van der Waals surface area contributed by atoms with Gasteiger partial charge in [0.1, 0.15) is 12.3 Å². The van der Waals surface area contributed by atoms with Crippen LogP contribution in [0.4, 0.5) is 11.4 Å². The van der Waals surface area contributed by atoms with Gasteiger partial charge in [0.25, 0.3) is 11.6 Å². The molecule has 0 atom stereocenters. The van der Waals surface area contributed by atoms with Crippen molar-refractivity contribution in [1.82, 2.24) is 5.32 Å². The van der Waals surface area contributed by atoms with Crippen LogP contribution in [0.5, 0.6) is 5.75 Å². The lowest BCUT2D eigenvalue weighted by molar-refractivity contribution is -0.384. The quantitative estimate of drug-likeness (QED) is 0.404. The minimum Gasteiger partial charge on any atom is -0.482 e. The Hall–Kier alpha value is -3.07. The number of nitrogens with zero attached hydrogens (tertiary/aromatic N) is 2. The van der Waals surface area contributed by atoms with Gasteiger partial charge >= 0.3 is 0 Å². The molecule has 1 aliphatic rings. The van der Waals surface area contributed by atoms with Crippen LogP contribution >= 0.6 is 11.8 Å². The summed E-state index contributed by atoms with van der Waals surface area (Å²) in [4.78, 5) is 36.1. The molecule has 29 heavy (non-hydrogen) atoms. The fourth-order valence-corrected chi connectivity index (χ4v) is 3.63. The number of amides is 2. The van der Waals surface area contributed by atoms with E-state index in [1.807, 2.05) is 6.92 Å². The summed E-state index contributed by atoms with van der Waals surface area (Å²) in [5.41, 5.74) is 2.51. The first kappa shape index (κ1) is 20.7. The van der Waals surface area contributed by atoms with E-state index in [1.54, 1.807) is 11.8 Å². The molecule has 0 spiro atoms. The molecule has 0 radical (unpaired) electrons. The number of anilines is 1. The normalized spacial score (nSPS) is 12.9. The van der Waals surface area contributed by atoms with Gasteiger partial charge < -0.3 is 10.1 Å². The predicted octanol–water partition coefficient (Wildman–Crippen LogP) is 2.68. The maximum absolute atomic E-state index is 12.3. The minimum atomic E-state index is -0.553. The van der Waals surface area contributed by atoms with Crippen molar-refractivity contribution >= 4 is 35.0 Å². The van der Waals surface area contributed by atoms with E-state index in [1.165, 1.54) is 34.2 Å². The lowest BCUT2D eigenvalue weighted by Gasteiger charge is -2.28. The molecule has 1 N–H and O–H groups in total. The van der Waals surface area contributed by atoms with Crippen LogP contribution in [0.2, 0.25) is 0 Å². The highest BCUT2D eigenvalue weighted by Crippen LogP contribution is 2.35. The van der Waals surface area contributed by atoms with Gasteiger partial charge in [-0.2, -0.15) is 11.8 Å². The molecular formula is C20H21N3O5S. The molecule has 3 rings (SSSR count). The summed E-state index contributed by atoms with van der Waals surface area (Å²) in [6, 6.07) is 12.3. The molecule has 8 nitrogen and oxygen atoms in total. The predicted molar refractivity (Wildman–Crippen MR) is 111 cm³/mol. The molecule has 9 heteroatoms. The van der Waals surface area contributed by atoms with Crippen molar-refractivity contribution in [2.45, 2.75) is 12.7 Å². The number of carbonyl (C=O) groups excluding carboxylic acids is 2. The summed E-state index contributed by atoms with van der Waals surface area (Å²) < 4.78 is 5.30. The van der Waals surface area contributed by atoms with E-state index in [2.05, 4.69) is 29.6 Å². The van der Waals surface area contributed by atoms with Gasteiger partial charge in [0.15, 0.2) is 6.61 Å². The fourth-order valence-electron chi connectivity index (χ4n) is 2.81. The van der Waals surface area contributed by atoms with Crippen molar-refractivity contribution in [2.24, 2.45) is 0 Å². The molecule has 0 saturated carbocycles. The Morgan fingerprint density at radius 3 is 2.76 bits per heavy atom. The van der Waals surface area contributed by atoms with Gasteiger partial charge in [-0.15, -0.1) is 0 Å². The third-order valence-electron chi connectivity index (χ3n) is 4.36. The smallest absolute Gasteiger partial charge is 0.271 e. The number of carbonyl (C=O) groups is 2. The minimum absolute atomic E-state index is 0.167. The number of benzene rings is 2. The van der Waals surface area contributed by atoms with Crippen molar-refractivity contribution < 1.29 is 19.2 Å². The van der Waals surface area contributed by atoms with Gasteiger partial charge in [0.05, 0.1) is 10.6 Å². The van der Waals surface area contributed by atoms with Crippen molar-refractivity contribution in [3.05, 3.63) is 63.7 Å². The zero-order valence-corrected chi connectivity index (χ0v) is 16.7. The van der Waals surface area contributed by atoms with E-state index in [0.29, 0.717) is 12.3 Å². The number of hydrogen-bond acceptors (Lipinski definition) is 6. The Morgan fingerprint density at radius 2 is 2.03 bits per heavy atom. The average Bonchev–Trinajstić information content (AvgIpc) is 2.71. The van der Waals surface area contributed by atoms with Gasteiger partial charge in [-0.1, -0.05) is 29.8 Å². The number of rotatable bonds is 8. The van der Waals surface area contributed by atoms with E-state index in [-0.39, 0.29) is 30.4 Å². The Balaban J connectivity index is 1.50. The lowest BCUT2D eigenvalue weighted by atomic mass is 10.2. The van der Waals surface area contributed by atoms with Gasteiger partial charge in [-0.25, -0.2) is 0 Å². The SMILES string of the molecule is Cc1ccc(CSCCNC(=O)CN2C(=O)COc3ccc([N+](=O)[O-])cc32)cc1. The van der Waals surface area contributed by atoms with Crippen molar-refractivity contribution in [1.29, 1.82) is 0 Å². The summed E-state index contributed by atoms with van der Waals surface area (Å²) in [5.74, 6) is 1.20. The molecule has 0 aliphatic carbocycles. The lowest BCUT2D eigenvalue weighted by Crippen LogP contribution is -2.45. The van der Waals surface area contributed by atoms with Gasteiger partial charge in [-0.3, -0.25) is 24.6 Å². The number of aryl methyl sites for hydroxylation is 1. The first-order valence-electron chi connectivity index (χ1n) is 9.05. The van der Waals surface area contributed by atoms with Gasteiger partial charge in [0, 0.05) is 30.2 Å². The topological polar surface area (TPSA) is 102 Å². The molecule has 1 aliphatic heterocycles. The first-order valence-corrected chi connectivity index (χ1v) is 10.2. The summed E-state index contributed by atoms with van der Waals surface area (Å²) >= 11 is 1.70. The molecule has 2 aromatic rings. The molecule has 0 aromatic heterocycles. The van der Waals surface area contributed by atoms with Crippen LogP contribution < -0.4 is 15.0 Å². The maximum Gasteiger partial charge on any atom is 0.271 e. The van der Waals surface area contributed by atoms with Crippen LogP contribution in [0.25, 0.3) is 0 Å². The summed E-state index contributed by atoms with van der Waals surface area (Å²) in [6.07, 6.45) is 0. The molecule has 0 fully saturated rings. The van der Waals surface area contributed by atoms with Crippen LogP contribution in [0, 0.1) is 17.0 Å². The Kier molecular flexibility index (Phi) is 6.71. The molecule has 0 unspecified atom stereocenters. The molecular weight excluding hydrogens is 394 g/mol. The van der Waals surface area contributed by atoms with Crippen LogP contribution in [0.1, 0.15) is 11.1 Å². The molecule has 152 valence electrons. The second kappa shape index (κ2) is 9.42. The Labute approximate surface area is 172 Å². The Bertz CT molecular complexity index is 917. The first-order chi connectivity index (χ1) is 13.9.